The number of hydrogen-bond donors (Lipinski definition) is 0. The molecule has 0 aliphatic carbocycles. The van der Waals surface area contributed by atoms with Gasteiger partial charge in [0.15, 0.2) is 0 Å². The standard InChI is InChI=1S/C9H9Cl3/c10-4-3-7-5-9(12)2-1-8(7)6-11/h1-2,5H,3-4,6H2. The molecule has 0 aliphatic heterocycles. The van der Waals surface area contributed by atoms with E-state index in [0.717, 1.165) is 22.6 Å². The Morgan fingerprint density at radius 3 is 2.42 bits per heavy atom. The zero-order valence-electron chi connectivity index (χ0n) is 6.49. The largest absolute Gasteiger partial charge is 0.126 e. The predicted molar refractivity (Wildman–Crippen MR) is 55.4 cm³/mol. The molecule has 0 saturated carbocycles. The SMILES string of the molecule is ClCCc1cc(Cl)ccc1CCl. The maximum atomic E-state index is 5.82. The van der Waals surface area contributed by atoms with Crippen LogP contribution in [0.15, 0.2) is 18.2 Å². The molecule has 0 aliphatic rings. The van der Waals surface area contributed by atoms with E-state index in [4.69, 9.17) is 34.8 Å². The van der Waals surface area contributed by atoms with Crippen molar-refractivity contribution < 1.29 is 0 Å². The fourth-order valence-corrected chi connectivity index (χ4v) is 1.72. The van der Waals surface area contributed by atoms with E-state index in [1.54, 1.807) is 0 Å². The lowest BCUT2D eigenvalue weighted by atomic mass is 10.1. The van der Waals surface area contributed by atoms with Gasteiger partial charge in [-0.15, -0.1) is 23.2 Å². The van der Waals surface area contributed by atoms with Crippen molar-refractivity contribution in [2.75, 3.05) is 5.88 Å². The highest BCUT2D eigenvalue weighted by molar-refractivity contribution is 6.30. The van der Waals surface area contributed by atoms with Crippen LogP contribution in [-0.2, 0) is 12.3 Å². The Bertz CT molecular complexity index is 258. The van der Waals surface area contributed by atoms with Crippen molar-refractivity contribution in [1.29, 1.82) is 0 Å². The summed E-state index contributed by atoms with van der Waals surface area (Å²) in [5.41, 5.74) is 2.26. The van der Waals surface area contributed by atoms with Crippen LogP contribution in [0, 0.1) is 0 Å². The summed E-state index contributed by atoms with van der Waals surface area (Å²) in [6.45, 7) is 0. The lowest BCUT2D eigenvalue weighted by Crippen LogP contribution is -1.92. The Morgan fingerprint density at radius 2 is 1.83 bits per heavy atom. The van der Waals surface area contributed by atoms with Gasteiger partial charge in [0.2, 0.25) is 0 Å². The molecule has 0 atom stereocenters. The predicted octanol–water partition coefficient (Wildman–Crippen LogP) is 3.86. The second kappa shape index (κ2) is 4.96. The summed E-state index contributed by atoms with van der Waals surface area (Å²) < 4.78 is 0. The molecule has 1 rings (SSSR count). The normalized spacial score (nSPS) is 10.2. The van der Waals surface area contributed by atoms with Crippen molar-refractivity contribution in [2.24, 2.45) is 0 Å². The third-order valence-electron chi connectivity index (χ3n) is 1.68. The molecule has 66 valence electrons. The molecule has 0 amide bonds. The van der Waals surface area contributed by atoms with Gasteiger partial charge in [0.1, 0.15) is 0 Å². The van der Waals surface area contributed by atoms with Gasteiger partial charge in [-0.05, 0) is 29.7 Å². The van der Waals surface area contributed by atoms with Gasteiger partial charge in [-0.2, -0.15) is 0 Å². The van der Waals surface area contributed by atoms with E-state index in [1.807, 2.05) is 18.2 Å². The Hall–Kier alpha value is 0.0900. The van der Waals surface area contributed by atoms with Crippen molar-refractivity contribution in [3.8, 4) is 0 Å². The van der Waals surface area contributed by atoms with Crippen molar-refractivity contribution in [2.45, 2.75) is 12.3 Å². The molecule has 0 spiro atoms. The number of rotatable bonds is 3. The van der Waals surface area contributed by atoms with Gasteiger partial charge in [-0.25, -0.2) is 0 Å². The van der Waals surface area contributed by atoms with Gasteiger partial charge in [-0.1, -0.05) is 17.7 Å². The number of aryl methyl sites for hydroxylation is 1. The molecule has 1 aromatic rings. The zero-order chi connectivity index (χ0) is 8.97. The molecule has 0 fully saturated rings. The summed E-state index contributed by atoms with van der Waals surface area (Å²) in [4.78, 5) is 0. The maximum Gasteiger partial charge on any atom is 0.0476 e. The minimum atomic E-state index is 0.517. The van der Waals surface area contributed by atoms with Crippen LogP contribution >= 0.6 is 34.8 Å². The molecule has 0 aromatic heterocycles. The van der Waals surface area contributed by atoms with E-state index >= 15 is 0 Å². The van der Waals surface area contributed by atoms with Crippen LogP contribution in [0.3, 0.4) is 0 Å². The fraction of sp³-hybridized carbons (Fsp3) is 0.333. The van der Waals surface area contributed by atoms with Crippen LogP contribution in [0.2, 0.25) is 5.02 Å². The Kier molecular flexibility index (Phi) is 4.20. The van der Waals surface area contributed by atoms with Crippen LogP contribution in [-0.4, -0.2) is 5.88 Å². The highest BCUT2D eigenvalue weighted by Crippen LogP contribution is 2.18. The number of halogens is 3. The fourth-order valence-electron chi connectivity index (χ4n) is 1.06. The summed E-state index contributed by atoms with van der Waals surface area (Å²) in [5, 5.41) is 0.740. The molecule has 0 unspecified atom stereocenters. The lowest BCUT2D eigenvalue weighted by molar-refractivity contribution is 1.11. The maximum absolute atomic E-state index is 5.82. The molecule has 0 nitrogen and oxygen atoms in total. The number of hydrogen-bond acceptors (Lipinski definition) is 0. The summed E-state index contributed by atoms with van der Waals surface area (Å²) in [5.74, 6) is 1.12. The first-order valence-electron chi connectivity index (χ1n) is 3.67. The number of alkyl halides is 2. The van der Waals surface area contributed by atoms with Gasteiger partial charge >= 0.3 is 0 Å². The minimum Gasteiger partial charge on any atom is -0.126 e. The molecule has 0 heterocycles. The van der Waals surface area contributed by atoms with Crippen molar-refractivity contribution in [3.63, 3.8) is 0 Å². The van der Waals surface area contributed by atoms with Crippen LogP contribution in [0.4, 0.5) is 0 Å². The van der Waals surface area contributed by atoms with Gasteiger partial charge in [0, 0.05) is 16.8 Å². The van der Waals surface area contributed by atoms with E-state index in [9.17, 15) is 0 Å². The quantitative estimate of drug-likeness (QED) is 0.683. The van der Waals surface area contributed by atoms with Crippen LogP contribution in [0.5, 0.6) is 0 Å². The summed E-state index contributed by atoms with van der Waals surface area (Å²) in [7, 11) is 0. The number of benzene rings is 1. The molecule has 0 radical (unpaired) electrons. The molecule has 3 heteroatoms. The first kappa shape index (κ1) is 10.2. The summed E-state index contributed by atoms with van der Waals surface area (Å²) in [6.07, 6.45) is 0.824. The van der Waals surface area contributed by atoms with E-state index in [1.165, 1.54) is 0 Å². The van der Waals surface area contributed by atoms with Gasteiger partial charge in [0.05, 0.1) is 0 Å². The minimum absolute atomic E-state index is 0.517. The first-order chi connectivity index (χ1) is 5.77. The Morgan fingerprint density at radius 1 is 1.08 bits per heavy atom. The van der Waals surface area contributed by atoms with Crippen LogP contribution < -0.4 is 0 Å². The zero-order valence-corrected chi connectivity index (χ0v) is 8.76. The van der Waals surface area contributed by atoms with Crippen molar-refractivity contribution in [3.05, 3.63) is 34.3 Å². The molecule has 0 saturated heterocycles. The third-order valence-corrected chi connectivity index (χ3v) is 2.39. The average Bonchev–Trinajstić information content (AvgIpc) is 2.05. The van der Waals surface area contributed by atoms with E-state index in [-0.39, 0.29) is 0 Å². The van der Waals surface area contributed by atoms with Crippen LogP contribution in [0.25, 0.3) is 0 Å². The van der Waals surface area contributed by atoms with Gasteiger partial charge in [0.25, 0.3) is 0 Å². The molecule has 12 heavy (non-hydrogen) atoms. The molecular weight excluding hydrogens is 214 g/mol. The topological polar surface area (TPSA) is 0 Å². The second-order valence-corrected chi connectivity index (χ2v) is 3.57. The highest BCUT2D eigenvalue weighted by Gasteiger charge is 2.01. The summed E-state index contributed by atoms with van der Waals surface area (Å²) in [6, 6.07) is 5.70. The second-order valence-electron chi connectivity index (χ2n) is 2.49. The lowest BCUT2D eigenvalue weighted by Gasteiger charge is -2.04. The Labute approximate surface area is 87.4 Å². The van der Waals surface area contributed by atoms with E-state index in [0.29, 0.717) is 11.8 Å². The van der Waals surface area contributed by atoms with Crippen LogP contribution in [0.1, 0.15) is 11.1 Å². The van der Waals surface area contributed by atoms with E-state index < -0.39 is 0 Å². The molecule has 0 bridgehead atoms. The smallest absolute Gasteiger partial charge is 0.0476 e. The average molecular weight is 224 g/mol. The highest BCUT2D eigenvalue weighted by atomic mass is 35.5. The van der Waals surface area contributed by atoms with Gasteiger partial charge in [-0.3, -0.25) is 0 Å². The first-order valence-corrected chi connectivity index (χ1v) is 5.12. The van der Waals surface area contributed by atoms with E-state index in [2.05, 4.69) is 0 Å². The van der Waals surface area contributed by atoms with Crippen molar-refractivity contribution >= 4 is 34.8 Å². The molecular formula is C9H9Cl3. The Balaban J connectivity index is 2.95. The molecule has 0 N–H and O–H groups in total. The van der Waals surface area contributed by atoms with Gasteiger partial charge < -0.3 is 0 Å². The van der Waals surface area contributed by atoms with Crippen molar-refractivity contribution in [1.82, 2.24) is 0 Å². The third kappa shape index (κ3) is 2.55. The monoisotopic (exact) mass is 222 g/mol. The molecule has 1 aromatic carbocycles. The summed E-state index contributed by atoms with van der Waals surface area (Å²) >= 11 is 17.2.